The maximum atomic E-state index is 9.69. The average Bonchev–Trinajstić information content (AvgIpc) is 2.66. The number of nitrogens with zero attached hydrogens (tertiary/aromatic N) is 1. The third-order valence-corrected chi connectivity index (χ3v) is 3.10. The third-order valence-electron chi connectivity index (χ3n) is 3.10. The van der Waals surface area contributed by atoms with Crippen molar-refractivity contribution in [2.24, 2.45) is 0 Å². The molecule has 1 saturated heterocycles. The Morgan fingerprint density at radius 3 is 2.62 bits per heavy atom. The molecule has 0 saturated carbocycles. The molecule has 0 spiro atoms. The average molecular weight is 230 g/mol. The lowest BCUT2D eigenvalue weighted by Crippen LogP contribution is -2.41. The van der Waals surface area contributed by atoms with E-state index in [0.717, 1.165) is 26.1 Å². The van der Waals surface area contributed by atoms with Crippen molar-refractivity contribution in [1.82, 2.24) is 10.2 Å². The molecule has 0 amide bonds. The van der Waals surface area contributed by atoms with Crippen LogP contribution >= 0.6 is 0 Å². The third kappa shape index (κ3) is 5.80. The summed E-state index contributed by atoms with van der Waals surface area (Å²) in [6.07, 6.45) is 3.23. The molecule has 3 N–H and O–H groups in total. The Kier molecular flexibility index (Phi) is 5.69. The van der Waals surface area contributed by atoms with E-state index < -0.39 is 5.60 Å². The van der Waals surface area contributed by atoms with Gasteiger partial charge in [0.25, 0.3) is 0 Å². The normalized spacial score (nSPS) is 21.9. The fraction of sp³-hybridized carbons (Fsp3) is 1.00. The summed E-state index contributed by atoms with van der Waals surface area (Å²) in [6, 6.07) is 0.563. The number of hydrogen-bond donors (Lipinski definition) is 3. The highest BCUT2D eigenvalue weighted by atomic mass is 16.3. The van der Waals surface area contributed by atoms with Crippen LogP contribution in [0, 0.1) is 0 Å². The molecule has 0 aromatic rings. The van der Waals surface area contributed by atoms with E-state index >= 15 is 0 Å². The van der Waals surface area contributed by atoms with E-state index in [2.05, 4.69) is 10.2 Å². The Morgan fingerprint density at radius 1 is 1.38 bits per heavy atom. The van der Waals surface area contributed by atoms with Gasteiger partial charge in [-0.05, 0) is 39.7 Å². The van der Waals surface area contributed by atoms with Gasteiger partial charge in [0.2, 0.25) is 0 Å². The van der Waals surface area contributed by atoms with Crippen LogP contribution in [-0.2, 0) is 0 Å². The summed E-state index contributed by atoms with van der Waals surface area (Å²) in [4.78, 5) is 2.24. The summed E-state index contributed by atoms with van der Waals surface area (Å²) in [5, 5.41) is 22.2. The number of aliphatic hydroxyl groups is 2. The van der Waals surface area contributed by atoms with Crippen LogP contribution in [0.5, 0.6) is 0 Å². The molecule has 0 radical (unpaired) electrons. The molecule has 1 atom stereocenters. The Balaban J connectivity index is 2.28. The lowest BCUT2D eigenvalue weighted by Gasteiger charge is -2.27. The summed E-state index contributed by atoms with van der Waals surface area (Å²) in [6.45, 7) is 7.50. The maximum absolute atomic E-state index is 9.69. The van der Waals surface area contributed by atoms with Crippen molar-refractivity contribution in [3.8, 4) is 0 Å². The number of rotatable bonds is 7. The molecule has 4 nitrogen and oxygen atoms in total. The SMILES string of the molecule is CC(C)(O)CCN(CCO)CC1CCCN1. The van der Waals surface area contributed by atoms with Crippen LogP contribution in [0.1, 0.15) is 33.1 Å². The van der Waals surface area contributed by atoms with Crippen LogP contribution in [0.3, 0.4) is 0 Å². The molecule has 0 aromatic carbocycles. The Morgan fingerprint density at radius 2 is 2.12 bits per heavy atom. The first kappa shape index (κ1) is 13.9. The minimum absolute atomic E-state index is 0.193. The van der Waals surface area contributed by atoms with Gasteiger partial charge >= 0.3 is 0 Å². The van der Waals surface area contributed by atoms with Crippen molar-refractivity contribution in [3.63, 3.8) is 0 Å². The predicted octanol–water partition coefficient (Wildman–Crippen LogP) is 0.194. The van der Waals surface area contributed by atoms with Gasteiger partial charge in [-0.25, -0.2) is 0 Å². The first-order valence-electron chi connectivity index (χ1n) is 6.30. The second-order valence-corrected chi connectivity index (χ2v) is 5.38. The van der Waals surface area contributed by atoms with Gasteiger partial charge in [0.15, 0.2) is 0 Å². The van der Waals surface area contributed by atoms with Crippen molar-refractivity contribution in [3.05, 3.63) is 0 Å². The molecule has 1 heterocycles. The summed E-state index contributed by atoms with van der Waals surface area (Å²) < 4.78 is 0. The summed E-state index contributed by atoms with van der Waals surface area (Å²) in [7, 11) is 0. The van der Waals surface area contributed by atoms with Gasteiger partial charge in [-0.15, -0.1) is 0 Å². The molecule has 1 unspecified atom stereocenters. The van der Waals surface area contributed by atoms with Crippen LogP contribution in [-0.4, -0.2) is 59.5 Å². The summed E-state index contributed by atoms with van der Waals surface area (Å²) >= 11 is 0. The quantitative estimate of drug-likeness (QED) is 0.584. The monoisotopic (exact) mass is 230 g/mol. The van der Waals surface area contributed by atoms with E-state index in [1.165, 1.54) is 12.8 Å². The minimum atomic E-state index is -0.614. The van der Waals surface area contributed by atoms with E-state index in [0.29, 0.717) is 12.6 Å². The van der Waals surface area contributed by atoms with Crippen LogP contribution < -0.4 is 5.32 Å². The molecule has 1 fully saturated rings. The summed E-state index contributed by atoms with van der Waals surface area (Å²) in [5.41, 5.74) is -0.614. The van der Waals surface area contributed by atoms with E-state index in [9.17, 15) is 5.11 Å². The largest absolute Gasteiger partial charge is 0.395 e. The zero-order chi connectivity index (χ0) is 12.0. The number of aliphatic hydroxyl groups excluding tert-OH is 1. The van der Waals surface area contributed by atoms with Crippen LogP contribution in [0.25, 0.3) is 0 Å². The maximum Gasteiger partial charge on any atom is 0.0603 e. The lowest BCUT2D eigenvalue weighted by atomic mass is 10.1. The van der Waals surface area contributed by atoms with Crippen molar-refractivity contribution < 1.29 is 10.2 Å². The molecule has 16 heavy (non-hydrogen) atoms. The van der Waals surface area contributed by atoms with E-state index in [1.54, 1.807) is 0 Å². The highest BCUT2D eigenvalue weighted by Gasteiger charge is 2.19. The zero-order valence-electron chi connectivity index (χ0n) is 10.6. The lowest BCUT2D eigenvalue weighted by molar-refractivity contribution is 0.0536. The molecule has 4 heteroatoms. The van der Waals surface area contributed by atoms with Crippen molar-refractivity contribution in [2.75, 3.05) is 32.8 Å². The molecule has 0 aromatic heterocycles. The van der Waals surface area contributed by atoms with Crippen molar-refractivity contribution in [2.45, 2.75) is 44.8 Å². The highest BCUT2D eigenvalue weighted by molar-refractivity contribution is 4.79. The molecular formula is C12H26N2O2. The Bertz CT molecular complexity index is 186. The van der Waals surface area contributed by atoms with Gasteiger partial charge in [0, 0.05) is 25.7 Å². The highest BCUT2D eigenvalue weighted by Crippen LogP contribution is 2.11. The fourth-order valence-electron chi connectivity index (χ4n) is 2.09. The van der Waals surface area contributed by atoms with Crippen molar-refractivity contribution in [1.29, 1.82) is 0 Å². The number of hydrogen-bond acceptors (Lipinski definition) is 4. The topological polar surface area (TPSA) is 55.7 Å². The number of nitrogens with one attached hydrogen (secondary N) is 1. The van der Waals surface area contributed by atoms with Gasteiger partial charge in [0.1, 0.15) is 0 Å². The molecular weight excluding hydrogens is 204 g/mol. The molecule has 1 aliphatic heterocycles. The van der Waals surface area contributed by atoms with E-state index in [4.69, 9.17) is 5.11 Å². The molecule has 0 bridgehead atoms. The van der Waals surface area contributed by atoms with E-state index in [1.807, 2.05) is 13.8 Å². The second kappa shape index (κ2) is 6.55. The van der Waals surface area contributed by atoms with Gasteiger partial charge in [0.05, 0.1) is 12.2 Å². The van der Waals surface area contributed by atoms with Gasteiger partial charge in [-0.1, -0.05) is 0 Å². The van der Waals surface area contributed by atoms with Crippen LogP contribution in [0.2, 0.25) is 0 Å². The van der Waals surface area contributed by atoms with E-state index in [-0.39, 0.29) is 6.61 Å². The standard InChI is InChI=1S/C12H26N2O2/c1-12(2,16)5-7-14(8-9-15)10-11-4-3-6-13-11/h11,13,15-16H,3-10H2,1-2H3. The second-order valence-electron chi connectivity index (χ2n) is 5.38. The first-order chi connectivity index (χ1) is 7.51. The zero-order valence-corrected chi connectivity index (χ0v) is 10.6. The predicted molar refractivity (Wildman–Crippen MR) is 65.5 cm³/mol. The Hall–Kier alpha value is -0.160. The smallest absolute Gasteiger partial charge is 0.0603 e. The molecule has 96 valence electrons. The van der Waals surface area contributed by atoms with Gasteiger partial charge in [-0.2, -0.15) is 0 Å². The van der Waals surface area contributed by atoms with Gasteiger partial charge in [-0.3, -0.25) is 4.90 Å². The molecule has 0 aliphatic carbocycles. The first-order valence-corrected chi connectivity index (χ1v) is 6.30. The Labute approximate surface area is 98.6 Å². The fourth-order valence-corrected chi connectivity index (χ4v) is 2.09. The summed E-state index contributed by atoms with van der Waals surface area (Å²) in [5.74, 6) is 0. The minimum Gasteiger partial charge on any atom is -0.395 e. The van der Waals surface area contributed by atoms with Crippen molar-refractivity contribution >= 4 is 0 Å². The van der Waals surface area contributed by atoms with Gasteiger partial charge < -0.3 is 15.5 Å². The molecule has 1 rings (SSSR count). The van der Waals surface area contributed by atoms with Crippen LogP contribution in [0.4, 0.5) is 0 Å². The molecule has 1 aliphatic rings. The van der Waals surface area contributed by atoms with Crippen LogP contribution in [0.15, 0.2) is 0 Å².